The van der Waals surface area contributed by atoms with Crippen molar-refractivity contribution < 1.29 is 41.8 Å². The first kappa shape index (κ1) is 30.6. The molecule has 2 aliphatic carbocycles. The number of amides is 4. The smallest absolute Gasteiger partial charge is 0.433 e. The van der Waals surface area contributed by atoms with Crippen molar-refractivity contribution in [3.63, 3.8) is 0 Å². The minimum atomic E-state index is -4.84. The van der Waals surface area contributed by atoms with Gasteiger partial charge < -0.3 is 5.11 Å². The molecule has 6 rings (SSSR count). The Balaban J connectivity index is 1.47. The third-order valence-electron chi connectivity index (χ3n) is 9.04. The number of phenols is 1. The van der Waals surface area contributed by atoms with Crippen LogP contribution in [0.2, 0.25) is 5.02 Å². The van der Waals surface area contributed by atoms with Crippen LogP contribution < -0.4 is 5.01 Å². The highest BCUT2D eigenvalue weighted by Crippen LogP contribution is 2.66. The highest BCUT2D eigenvalue weighted by Gasteiger charge is 2.76. The largest absolute Gasteiger partial charge is 0.505 e. The standard InChI is InChI=1S/C28H21Cl3F4N4O5/c1-37-24(43)26(30)10-14-11(19(27(26,31)25(37)44)13-4-3-5-16(32)20(13)40)6-7-12-18(14)23(42)39(22(12)41)38(2)21-15(29)8-9-17(36-21)28(33,34)35/h3-6,8-9,12,14,18-19,40H,7,10H2,1-2H3. The van der Waals surface area contributed by atoms with Crippen LogP contribution in [0.4, 0.5) is 23.4 Å². The summed E-state index contributed by atoms with van der Waals surface area (Å²) in [5.74, 6) is -10.4. The highest BCUT2D eigenvalue weighted by molar-refractivity contribution is 6.53. The maximum absolute atomic E-state index is 14.6. The number of hydrazine groups is 1. The van der Waals surface area contributed by atoms with Crippen molar-refractivity contribution in [1.82, 2.24) is 14.9 Å². The quantitative estimate of drug-likeness (QED) is 0.219. The lowest BCUT2D eigenvalue weighted by Crippen LogP contribution is -2.60. The molecular formula is C28H21Cl3F4N4O5. The molecule has 1 N–H and O–H groups in total. The summed E-state index contributed by atoms with van der Waals surface area (Å²) >= 11 is 20.1. The fraction of sp³-hybridized carbons (Fsp3) is 0.393. The predicted molar refractivity (Wildman–Crippen MR) is 148 cm³/mol. The molecule has 0 spiro atoms. The molecule has 1 aromatic heterocycles. The van der Waals surface area contributed by atoms with Gasteiger partial charge in [-0.2, -0.15) is 18.2 Å². The average Bonchev–Trinajstić information content (AvgIpc) is 3.29. The Hall–Kier alpha value is -3.42. The molecule has 4 amide bonds. The summed E-state index contributed by atoms with van der Waals surface area (Å²) in [7, 11) is 2.33. The van der Waals surface area contributed by atoms with Crippen LogP contribution in [-0.2, 0) is 25.4 Å². The number of aromatic nitrogens is 1. The number of fused-ring (bicyclic) bond motifs is 4. The predicted octanol–water partition coefficient (Wildman–Crippen LogP) is 4.64. The number of phenolic OH excluding ortho intramolecular Hbond substituents is 1. The molecule has 3 heterocycles. The van der Waals surface area contributed by atoms with E-state index in [1.807, 2.05) is 0 Å². The Morgan fingerprint density at radius 3 is 2.39 bits per heavy atom. The van der Waals surface area contributed by atoms with Gasteiger partial charge in [0.1, 0.15) is 5.69 Å². The normalized spacial score (nSPS) is 31.6. The number of allylic oxidation sites excluding steroid dienone is 2. The van der Waals surface area contributed by atoms with Gasteiger partial charge in [-0.25, -0.2) is 9.37 Å². The van der Waals surface area contributed by atoms with Gasteiger partial charge in [-0.15, -0.1) is 23.2 Å². The lowest BCUT2D eigenvalue weighted by Gasteiger charge is -2.50. The Labute approximate surface area is 261 Å². The van der Waals surface area contributed by atoms with Crippen molar-refractivity contribution in [1.29, 1.82) is 0 Å². The zero-order chi connectivity index (χ0) is 32.3. The van der Waals surface area contributed by atoms with Crippen molar-refractivity contribution in [2.75, 3.05) is 19.1 Å². The van der Waals surface area contributed by atoms with Crippen LogP contribution in [0.3, 0.4) is 0 Å². The van der Waals surface area contributed by atoms with E-state index >= 15 is 0 Å². The van der Waals surface area contributed by atoms with Gasteiger partial charge in [-0.3, -0.25) is 29.1 Å². The lowest BCUT2D eigenvalue weighted by molar-refractivity contribution is -0.141. The minimum Gasteiger partial charge on any atom is -0.505 e. The molecule has 6 atom stereocenters. The number of pyridine rings is 1. The van der Waals surface area contributed by atoms with Crippen LogP contribution in [0.1, 0.15) is 30.0 Å². The molecule has 0 bridgehead atoms. The van der Waals surface area contributed by atoms with Gasteiger partial charge >= 0.3 is 6.18 Å². The second-order valence-corrected chi connectivity index (χ2v) is 12.8. The molecule has 0 radical (unpaired) electrons. The first-order chi connectivity index (χ1) is 20.5. The summed E-state index contributed by atoms with van der Waals surface area (Å²) in [6.07, 6.45) is -3.75. The Morgan fingerprint density at radius 2 is 1.73 bits per heavy atom. The zero-order valence-corrected chi connectivity index (χ0v) is 25.0. The third-order valence-corrected chi connectivity index (χ3v) is 10.8. The molecule has 44 heavy (non-hydrogen) atoms. The number of rotatable bonds is 3. The van der Waals surface area contributed by atoms with Crippen molar-refractivity contribution >= 4 is 64.2 Å². The number of imide groups is 2. The molecule has 4 aliphatic rings. The number of hydrogen-bond donors (Lipinski definition) is 1. The van der Waals surface area contributed by atoms with Gasteiger partial charge in [0.15, 0.2) is 27.1 Å². The average molecular weight is 676 g/mol. The number of para-hydroxylation sites is 1. The van der Waals surface area contributed by atoms with Crippen molar-refractivity contribution in [2.24, 2.45) is 17.8 Å². The van der Waals surface area contributed by atoms with E-state index in [0.717, 1.165) is 29.1 Å². The van der Waals surface area contributed by atoms with E-state index in [2.05, 4.69) is 4.98 Å². The van der Waals surface area contributed by atoms with Gasteiger partial charge in [0, 0.05) is 25.6 Å². The molecule has 9 nitrogen and oxygen atoms in total. The monoisotopic (exact) mass is 674 g/mol. The summed E-state index contributed by atoms with van der Waals surface area (Å²) in [6, 6.07) is 5.16. The topological polar surface area (TPSA) is 111 Å². The number of anilines is 1. The fourth-order valence-corrected chi connectivity index (χ4v) is 8.28. The van der Waals surface area contributed by atoms with Crippen LogP contribution in [0, 0.1) is 23.6 Å². The van der Waals surface area contributed by atoms with Crippen molar-refractivity contribution in [2.45, 2.75) is 34.7 Å². The Morgan fingerprint density at radius 1 is 1.05 bits per heavy atom. The molecule has 2 aliphatic heterocycles. The molecule has 2 saturated heterocycles. The van der Waals surface area contributed by atoms with Crippen molar-refractivity contribution in [3.8, 4) is 5.75 Å². The molecule has 232 valence electrons. The summed E-state index contributed by atoms with van der Waals surface area (Å²) in [5, 5.41) is 12.0. The number of carbonyl (C=O) groups excluding carboxylic acids is 4. The van der Waals surface area contributed by atoms with E-state index in [1.165, 1.54) is 19.2 Å². The van der Waals surface area contributed by atoms with Gasteiger partial charge in [0.05, 0.1) is 16.9 Å². The second kappa shape index (κ2) is 9.79. The van der Waals surface area contributed by atoms with E-state index < -0.39 is 86.3 Å². The van der Waals surface area contributed by atoms with Crippen molar-refractivity contribution in [3.05, 3.63) is 64.1 Å². The summed E-state index contributed by atoms with van der Waals surface area (Å²) in [5.41, 5.74) is -1.16. The molecule has 3 fully saturated rings. The van der Waals surface area contributed by atoms with E-state index in [4.69, 9.17) is 34.8 Å². The lowest BCUT2D eigenvalue weighted by atomic mass is 9.56. The molecule has 6 unspecified atom stereocenters. The fourth-order valence-electron chi connectivity index (χ4n) is 7.04. The molecule has 1 saturated carbocycles. The number of likely N-dealkylation sites (tertiary alicyclic amines) is 1. The maximum atomic E-state index is 14.6. The van der Waals surface area contributed by atoms with Gasteiger partial charge in [-0.05, 0) is 37.0 Å². The number of carbonyl (C=O) groups is 4. The number of aromatic hydroxyl groups is 1. The van der Waals surface area contributed by atoms with E-state index in [1.54, 1.807) is 6.08 Å². The van der Waals surface area contributed by atoms with Gasteiger partial charge in [0.2, 0.25) is 0 Å². The van der Waals surface area contributed by atoms with E-state index in [-0.39, 0.29) is 29.0 Å². The zero-order valence-electron chi connectivity index (χ0n) is 22.7. The number of benzene rings is 1. The number of nitrogens with zero attached hydrogens (tertiary/aromatic N) is 4. The van der Waals surface area contributed by atoms with Crippen LogP contribution in [0.25, 0.3) is 0 Å². The maximum Gasteiger partial charge on any atom is 0.433 e. The van der Waals surface area contributed by atoms with Gasteiger partial charge in [-0.1, -0.05) is 35.4 Å². The van der Waals surface area contributed by atoms with Crippen LogP contribution >= 0.6 is 34.8 Å². The minimum absolute atomic E-state index is 0.0814. The van der Waals surface area contributed by atoms with Crippen LogP contribution in [0.5, 0.6) is 5.75 Å². The first-order valence-electron chi connectivity index (χ1n) is 13.2. The third kappa shape index (κ3) is 3.87. The molecular weight excluding hydrogens is 655 g/mol. The Kier molecular flexibility index (Phi) is 6.81. The summed E-state index contributed by atoms with van der Waals surface area (Å²) < 4.78 is 54.9. The van der Waals surface area contributed by atoms with Crippen LogP contribution in [0.15, 0.2) is 42.0 Å². The van der Waals surface area contributed by atoms with E-state index in [9.17, 15) is 41.8 Å². The first-order valence-corrected chi connectivity index (χ1v) is 14.3. The second-order valence-electron chi connectivity index (χ2n) is 11.2. The number of hydrogen-bond acceptors (Lipinski definition) is 7. The number of halogens is 7. The summed E-state index contributed by atoms with van der Waals surface area (Å²) in [4.78, 5) is 54.6. The van der Waals surface area contributed by atoms with E-state index in [0.29, 0.717) is 11.1 Å². The SMILES string of the molecule is CN1C(=O)C2(Cl)CC3C(=CCC4C(=O)N(N(C)c5nc(C(F)(F)F)ccc5Cl)C(=O)C43)C(c3cccc(F)c3O)C2(Cl)C1=O. The molecule has 1 aromatic carbocycles. The molecule has 16 heteroatoms. The van der Waals surface area contributed by atoms with Gasteiger partial charge in [0.25, 0.3) is 23.6 Å². The Bertz CT molecular complexity index is 1710. The van der Waals surface area contributed by atoms with Crippen LogP contribution in [-0.4, -0.2) is 67.5 Å². The summed E-state index contributed by atoms with van der Waals surface area (Å²) in [6.45, 7) is 0. The molecule has 2 aromatic rings. The highest BCUT2D eigenvalue weighted by atomic mass is 35.5. The number of alkyl halides is 5.